The average molecular weight is 263 g/mol. The summed E-state index contributed by atoms with van der Waals surface area (Å²) in [5.41, 5.74) is 8.18. The lowest BCUT2D eigenvalue weighted by atomic mass is 10.1. The molecule has 4 heteroatoms. The van der Waals surface area contributed by atoms with Crippen molar-refractivity contribution in [1.82, 2.24) is 9.80 Å². The van der Waals surface area contributed by atoms with Gasteiger partial charge in [0, 0.05) is 44.8 Å². The van der Waals surface area contributed by atoms with Crippen molar-refractivity contribution in [2.24, 2.45) is 5.73 Å². The zero-order valence-corrected chi connectivity index (χ0v) is 12.1. The van der Waals surface area contributed by atoms with Crippen molar-refractivity contribution in [3.8, 4) is 5.75 Å². The van der Waals surface area contributed by atoms with Crippen LogP contribution in [0, 0.1) is 0 Å². The minimum atomic E-state index is 0.528. The van der Waals surface area contributed by atoms with Crippen LogP contribution >= 0.6 is 0 Å². The molecule has 1 aromatic carbocycles. The summed E-state index contributed by atoms with van der Waals surface area (Å²) in [5, 5.41) is 0. The Morgan fingerprint density at radius 1 is 1.16 bits per heavy atom. The van der Waals surface area contributed by atoms with Crippen LogP contribution in [0.15, 0.2) is 18.2 Å². The van der Waals surface area contributed by atoms with E-state index in [1.54, 1.807) is 7.11 Å². The predicted molar refractivity (Wildman–Crippen MR) is 78.3 cm³/mol. The molecule has 2 N–H and O–H groups in total. The lowest BCUT2D eigenvalue weighted by Gasteiger charge is -2.34. The van der Waals surface area contributed by atoms with Gasteiger partial charge < -0.3 is 15.4 Å². The average Bonchev–Trinajstić information content (AvgIpc) is 2.48. The van der Waals surface area contributed by atoms with Crippen LogP contribution in [0.25, 0.3) is 0 Å². The fourth-order valence-electron chi connectivity index (χ4n) is 2.61. The Morgan fingerprint density at radius 2 is 1.84 bits per heavy atom. The lowest BCUT2D eigenvalue weighted by Crippen LogP contribution is -2.45. The molecule has 106 valence electrons. The third-order valence-electron chi connectivity index (χ3n) is 3.88. The first kappa shape index (κ1) is 14.3. The largest absolute Gasteiger partial charge is 0.496 e. The van der Waals surface area contributed by atoms with Gasteiger partial charge >= 0.3 is 0 Å². The Bertz CT molecular complexity index is 400. The smallest absolute Gasteiger partial charge is 0.123 e. The summed E-state index contributed by atoms with van der Waals surface area (Å²) < 4.78 is 5.31. The van der Waals surface area contributed by atoms with Gasteiger partial charge in [-0.25, -0.2) is 0 Å². The Kier molecular flexibility index (Phi) is 5.19. The highest BCUT2D eigenvalue weighted by Crippen LogP contribution is 2.20. The molecule has 0 aliphatic carbocycles. The molecule has 1 fully saturated rings. The number of rotatable bonds is 5. The van der Waals surface area contributed by atoms with Gasteiger partial charge in [0.15, 0.2) is 0 Å². The first-order valence-electron chi connectivity index (χ1n) is 7.07. The van der Waals surface area contributed by atoms with Crippen molar-refractivity contribution in [1.29, 1.82) is 0 Å². The Hall–Kier alpha value is -1.10. The number of nitrogens with zero attached hydrogens (tertiary/aromatic N) is 2. The normalized spacial score (nSPS) is 17.6. The van der Waals surface area contributed by atoms with Crippen LogP contribution in [0.2, 0.25) is 0 Å². The highest BCUT2D eigenvalue weighted by molar-refractivity contribution is 5.37. The van der Waals surface area contributed by atoms with Gasteiger partial charge in [-0.3, -0.25) is 4.90 Å². The van der Waals surface area contributed by atoms with Crippen LogP contribution in [0.4, 0.5) is 0 Å². The molecule has 0 bridgehead atoms. The van der Waals surface area contributed by atoms with Crippen molar-refractivity contribution >= 4 is 0 Å². The monoisotopic (exact) mass is 263 g/mol. The second kappa shape index (κ2) is 6.89. The molecule has 0 aromatic heterocycles. The van der Waals surface area contributed by atoms with Gasteiger partial charge in [-0.15, -0.1) is 0 Å². The van der Waals surface area contributed by atoms with Crippen molar-refractivity contribution in [2.75, 3.05) is 39.8 Å². The second-order valence-corrected chi connectivity index (χ2v) is 5.06. The van der Waals surface area contributed by atoms with Crippen LogP contribution in [0.3, 0.4) is 0 Å². The molecule has 0 amide bonds. The van der Waals surface area contributed by atoms with Gasteiger partial charge in [-0.05, 0) is 24.2 Å². The molecule has 1 saturated heterocycles. The number of piperazine rings is 1. The van der Waals surface area contributed by atoms with Gasteiger partial charge in [-0.2, -0.15) is 0 Å². The first-order valence-corrected chi connectivity index (χ1v) is 7.07. The fraction of sp³-hybridized carbons (Fsp3) is 0.600. The van der Waals surface area contributed by atoms with E-state index in [-0.39, 0.29) is 0 Å². The molecule has 2 rings (SSSR count). The molecule has 1 aliphatic rings. The molecule has 0 saturated carbocycles. The summed E-state index contributed by atoms with van der Waals surface area (Å²) in [7, 11) is 1.69. The molecule has 1 aromatic rings. The van der Waals surface area contributed by atoms with Crippen molar-refractivity contribution in [2.45, 2.75) is 20.0 Å². The summed E-state index contributed by atoms with van der Waals surface area (Å²) in [6.07, 6.45) is 0. The van der Waals surface area contributed by atoms with Gasteiger partial charge in [-0.1, -0.05) is 13.0 Å². The Labute approximate surface area is 116 Å². The molecule has 0 spiro atoms. The van der Waals surface area contributed by atoms with Gasteiger partial charge in [0.25, 0.3) is 0 Å². The van der Waals surface area contributed by atoms with Crippen LogP contribution in [0.1, 0.15) is 18.1 Å². The number of hydrogen-bond donors (Lipinski definition) is 1. The van der Waals surface area contributed by atoms with E-state index in [0.717, 1.165) is 37.5 Å². The number of nitrogens with two attached hydrogens (primary N) is 1. The van der Waals surface area contributed by atoms with E-state index in [9.17, 15) is 0 Å². The molecule has 0 atom stereocenters. The van der Waals surface area contributed by atoms with Crippen molar-refractivity contribution < 1.29 is 4.74 Å². The summed E-state index contributed by atoms with van der Waals surface area (Å²) >= 11 is 0. The molecule has 1 aliphatic heterocycles. The molecule has 0 radical (unpaired) electrons. The van der Waals surface area contributed by atoms with Gasteiger partial charge in [0.2, 0.25) is 0 Å². The van der Waals surface area contributed by atoms with E-state index in [4.69, 9.17) is 10.5 Å². The second-order valence-electron chi connectivity index (χ2n) is 5.06. The SMILES string of the molecule is CCN1CCN(Cc2ccc(OC)c(CN)c2)CC1. The molecular formula is C15H25N3O. The topological polar surface area (TPSA) is 41.7 Å². The minimum absolute atomic E-state index is 0.528. The first-order chi connectivity index (χ1) is 9.26. The zero-order chi connectivity index (χ0) is 13.7. The lowest BCUT2D eigenvalue weighted by molar-refractivity contribution is 0.132. The maximum atomic E-state index is 5.76. The maximum absolute atomic E-state index is 5.76. The van der Waals surface area contributed by atoms with Crippen LogP contribution in [-0.4, -0.2) is 49.6 Å². The number of ether oxygens (including phenoxy) is 1. The van der Waals surface area contributed by atoms with Crippen molar-refractivity contribution in [3.05, 3.63) is 29.3 Å². The molecule has 4 nitrogen and oxygen atoms in total. The molecule has 1 heterocycles. The van der Waals surface area contributed by atoms with Crippen molar-refractivity contribution in [3.63, 3.8) is 0 Å². The number of benzene rings is 1. The van der Waals surface area contributed by atoms with E-state index >= 15 is 0 Å². The minimum Gasteiger partial charge on any atom is -0.496 e. The summed E-state index contributed by atoms with van der Waals surface area (Å²) in [5.74, 6) is 0.891. The quantitative estimate of drug-likeness (QED) is 0.869. The number of likely N-dealkylation sites (N-methyl/N-ethyl adjacent to an activating group) is 1. The molecule has 0 unspecified atom stereocenters. The summed E-state index contributed by atoms with van der Waals surface area (Å²) in [4.78, 5) is 5.00. The Morgan fingerprint density at radius 3 is 2.42 bits per heavy atom. The highest BCUT2D eigenvalue weighted by atomic mass is 16.5. The van der Waals surface area contributed by atoms with Gasteiger partial charge in [0.1, 0.15) is 5.75 Å². The summed E-state index contributed by atoms with van der Waals surface area (Å²) in [6.45, 7) is 9.58. The standard InChI is InChI=1S/C15H25N3O/c1-3-17-6-8-18(9-7-17)12-13-4-5-15(19-2)14(10-13)11-16/h4-5,10H,3,6-9,11-12,16H2,1-2H3. The summed E-state index contributed by atoms with van der Waals surface area (Å²) in [6, 6.07) is 6.34. The highest BCUT2D eigenvalue weighted by Gasteiger charge is 2.15. The maximum Gasteiger partial charge on any atom is 0.123 e. The number of hydrogen-bond acceptors (Lipinski definition) is 4. The molecule has 19 heavy (non-hydrogen) atoms. The van der Waals surface area contributed by atoms with E-state index < -0.39 is 0 Å². The van der Waals surface area contributed by atoms with E-state index in [1.807, 2.05) is 6.07 Å². The number of methoxy groups -OCH3 is 1. The van der Waals surface area contributed by atoms with Crippen LogP contribution in [-0.2, 0) is 13.1 Å². The predicted octanol–water partition coefficient (Wildman–Crippen LogP) is 1.29. The molecular weight excluding hydrogens is 238 g/mol. The zero-order valence-electron chi connectivity index (χ0n) is 12.1. The van der Waals surface area contributed by atoms with Crippen LogP contribution < -0.4 is 10.5 Å². The van der Waals surface area contributed by atoms with E-state index in [0.29, 0.717) is 6.54 Å². The fourth-order valence-corrected chi connectivity index (χ4v) is 2.61. The van der Waals surface area contributed by atoms with E-state index in [1.165, 1.54) is 18.7 Å². The van der Waals surface area contributed by atoms with E-state index in [2.05, 4.69) is 28.9 Å². The third-order valence-corrected chi connectivity index (χ3v) is 3.88. The van der Waals surface area contributed by atoms with Gasteiger partial charge in [0.05, 0.1) is 7.11 Å². The third kappa shape index (κ3) is 3.69. The Balaban J connectivity index is 1.96. The van der Waals surface area contributed by atoms with Crippen LogP contribution in [0.5, 0.6) is 5.75 Å².